The van der Waals surface area contributed by atoms with Gasteiger partial charge < -0.3 is 9.13 Å². The van der Waals surface area contributed by atoms with E-state index in [4.69, 9.17) is 10.2 Å². The van der Waals surface area contributed by atoms with E-state index in [9.17, 15) is 0 Å². The molecule has 11 heteroatoms. The van der Waals surface area contributed by atoms with E-state index in [0.717, 1.165) is 45.4 Å². The molecule has 0 saturated heterocycles. The molecule has 1 aliphatic rings. The quantitative estimate of drug-likeness (QED) is 0.196. The van der Waals surface area contributed by atoms with Crippen LogP contribution in [0.4, 0.5) is 0 Å². The zero-order valence-electron chi connectivity index (χ0n) is 29.6. The summed E-state index contributed by atoms with van der Waals surface area (Å²) in [4.78, 5) is 18.2. The Kier molecular flexibility index (Phi) is 8.56. The highest BCUT2D eigenvalue weighted by atomic mass is 15.3. The van der Waals surface area contributed by atoms with Gasteiger partial charge in [-0.2, -0.15) is 15.5 Å². The highest BCUT2D eigenvalue weighted by Gasteiger charge is 2.29. The van der Waals surface area contributed by atoms with Gasteiger partial charge in [-0.1, -0.05) is 60.7 Å². The summed E-state index contributed by atoms with van der Waals surface area (Å²) in [6, 6.07) is 29.7. The smallest absolute Gasteiger partial charge is 0.186 e. The Bertz CT molecular complexity index is 2800. The topological polar surface area (TPSA) is 120 Å². The van der Waals surface area contributed by atoms with Crippen molar-refractivity contribution in [3.05, 3.63) is 143 Å². The summed E-state index contributed by atoms with van der Waals surface area (Å²) in [6.07, 6.45) is 6.42. The molecule has 0 N–H and O–H groups in total. The Labute approximate surface area is 306 Å². The van der Waals surface area contributed by atoms with Crippen molar-refractivity contribution in [2.24, 2.45) is 14.1 Å². The molecule has 0 amide bonds. The van der Waals surface area contributed by atoms with Gasteiger partial charge in [-0.25, -0.2) is 29.0 Å². The molecule has 1 fully saturated rings. The van der Waals surface area contributed by atoms with Crippen molar-refractivity contribution in [3.8, 4) is 52.3 Å². The summed E-state index contributed by atoms with van der Waals surface area (Å²) < 4.78 is 7.38. The van der Waals surface area contributed by atoms with E-state index in [1.54, 1.807) is 16.6 Å². The number of rotatable bonds is 3. The lowest BCUT2D eigenvalue weighted by molar-refractivity contribution is 0.876. The molecule has 9 rings (SSSR count). The highest BCUT2D eigenvalue weighted by molar-refractivity contribution is 5.60. The molecule has 0 radical (unpaired) electrons. The van der Waals surface area contributed by atoms with Gasteiger partial charge in [0, 0.05) is 43.5 Å². The van der Waals surface area contributed by atoms with Crippen LogP contribution in [0, 0.1) is 48.9 Å². The fourth-order valence-electron chi connectivity index (χ4n) is 5.99. The maximum Gasteiger partial charge on any atom is 0.186 e. The minimum Gasteiger partial charge on any atom is -0.327 e. The number of fused-ring (bicyclic) bond motifs is 2. The number of nitriles is 1. The van der Waals surface area contributed by atoms with Crippen LogP contribution in [0.3, 0.4) is 0 Å². The van der Waals surface area contributed by atoms with Crippen molar-refractivity contribution in [1.82, 2.24) is 48.3 Å². The van der Waals surface area contributed by atoms with Crippen LogP contribution in [0.1, 0.15) is 64.6 Å². The third-order valence-electron chi connectivity index (χ3n) is 9.01. The van der Waals surface area contributed by atoms with Gasteiger partial charge in [0.15, 0.2) is 28.6 Å². The lowest BCUT2D eigenvalue weighted by Crippen LogP contribution is -1.97. The van der Waals surface area contributed by atoms with E-state index in [1.807, 2.05) is 120 Å². The summed E-state index contributed by atoms with van der Waals surface area (Å²) in [6.45, 7) is 3.90. The van der Waals surface area contributed by atoms with Crippen LogP contribution in [-0.2, 0) is 14.1 Å². The third kappa shape index (κ3) is 6.78. The van der Waals surface area contributed by atoms with Gasteiger partial charge >= 0.3 is 0 Å². The summed E-state index contributed by atoms with van der Waals surface area (Å²) in [5.74, 6) is 14.4. The van der Waals surface area contributed by atoms with E-state index in [0.29, 0.717) is 34.5 Å². The normalized spacial score (nSPS) is 12.0. The van der Waals surface area contributed by atoms with Gasteiger partial charge in [0.1, 0.15) is 17.5 Å². The molecular formula is C42H33N11. The molecule has 53 heavy (non-hydrogen) atoms. The Balaban J connectivity index is 0.000000151. The second-order valence-corrected chi connectivity index (χ2v) is 12.8. The monoisotopic (exact) mass is 691 g/mol. The summed E-state index contributed by atoms with van der Waals surface area (Å²) in [5.41, 5.74) is 10.2. The highest BCUT2D eigenvalue weighted by Crippen LogP contribution is 2.40. The minimum atomic E-state index is 0.374. The van der Waals surface area contributed by atoms with E-state index >= 15 is 0 Å². The minimum absolute atomic E-state index is 0.374. The fourth-order valence-corrected chi connectivity index (χ4v) is 5.99. The third-order valence-corrected chi connectivity index (χ3v) is 9.01. The number of aromatic nitrogens is 10. The molecular weight excluding hydrogens is 659 g/mol. The first-order chi connectivity index (χ1) is 25.8. The zero-order chi connectivity index (χ0) is 36.5. The van der Waals surface area contributed by atoms with Gasteiger partial charge in [-0.3, -0.25) is 0 Å². The summed E-state index contributed by atoms with van der Waals surface area (Å²) in [7, 11) is 3.88. The second-order valence-electron chi connectivity index (χ2n) is 12.8. The number of hydrogen-bond donors (Lipinski definition) is 0. The number of hydrogen-bond acceptors (Lipinski definition) is 7. The molecule has 2 aromatic carbocycles. The second kappa shape index (κ2) is 13.8. The van der Waals surface area contributed by atoms with Crippen molar-refractivity contribution in [3.63, 3.8) is 0 Å². The molecule has 0 atom stereocenters. The van der Waals surface area contributed by atoms with E-state index in [2.05, 4.69) is 61.8 Å². The molecule has 0 unspecified atom stereocenters. The molecule has 0 bridgehead atoms. The van der Waals surface area contributed by atoms with Crippen molar-refractivity contribution >= 4 is 11.3 Å². The zero-order valence-corrected chi connectivity index (χ0v) is 29.6. The number of aryl methyl sites for hydroxylation is 4. The van der Waals surface area contributed by atoms with Crippen LogP contribution in [-0.4, -0.2) is 48.3 Å². The Morgan fingerprint density at radius 1 is 0.585 bits per heavy atom. The molecule has 256 valence electrons. The number of nitrogens with zero attached hydrogens (tertiary/aromatic N) is 11. The Morgan fingerprint density at radius 3 is 1.57 bits per heavy atom. The van der Waals surface area contributed by atoms with Gasteiger partial charge in [-0.15, -0.1) is 0 Å². The van der Waals surface area contributed by atoms with Gasteiger partial charge in [0.25, 0.3) is 0 Å². The standard InChI is InChI=1S/C22H19N5.C20H14N6/c1-15-22(17-8-9-17)24-21-13-11-18(25-27(15)21)10-12-20-23-19(14-26(20)2)16-6-4-3-5-7-16;1-14-17(12-21)22-20-11-9-16(24-26(14)20)8-10-19-23-18(13-25(19)2)15-6-4-3-5-7-15/h3-7,11,13-14,17H,8-9H2,1-2H3;3-7,9,11,13H,1-2H3. The van der Waals surface area contributed by atoms with Gasteiger partial charge in [0.05, 0.1) is 28.5 Å². The molecule has 11 nitrogen and oxygen atoms in total. The van der Waals surface area contributed by atoms with Crippen LogP contribution in [0.15, 0.2) is 97.3 Å². The molecule has 0 spiro atoms. The molecule has 8 aromatic rings. The molecule has 1 aliphatic carbocycles. The average molecular weight is 692 g/mol. The Morgan fingerprint density at radius 2 is 1.08 bits per heavy atom. The summed E-state index contributed by atoms with van der Waals surface area (Å²) >= 11 is 0. The lowest BCUT2D eigenvalue weighted by atomic mass is 10.2. The number of benzene rings is 2. The maximum absolute atomic E-state index is 9.08. The first-order valence-corrected chi connectivity index (χ1v) is 17.2. The van der Waals surface area contributed by atoms with E-state index in [1.165, 1.54) is 18.5 Å². The van der Waals surface area contributed by atoms with Crippen molar-refractivity contribution in [2.45, 2.75) is 32.6 Å². The maximum atomic E-state index is 9.08. The first kappa shape index (κ1) is 32.9. The van der Waals surface area contributed by atoms with Crippen LogP contribution in [0.25, 0.3) is 33.8 Å². The van der Waals surface area contributed by atoms with E-state index in [-0.39, 0.29) is 0 Å². The molecule has 6 heterocycles. The fraction of sp³-hybridized carbons (Fsp3) is 0.167. The largest absolute Gasteiger partial charge is 0.327 e. The van der Waals surface area contributed by atoms with Gasteiger partial charge in [0.2, 0.25) is 0 Å². The van der Waals surface area contributed by atoms with Crippen LogP contribution in [0.5, 0.6) is 0 Å². The number of imidazole rings is 4. The predicted molar refractivity (Wildman–Crippen MR) is 201 cm³/mol. The average Bonchev–Trinajstić information content (AvgIpc) is 3.59. The molecule has 0 aliphatic heterocycles. The first-order valence-electron chi connectivity index (χ1n) is 17.2. The van der Waals surface area contributed by atoms with Crippen LogP contribution in [0.2, 0.25) is 0 Å². The molecule has 1 saturated carbocycles. The lowest BCUT2D eigenvalue weighted by Gasteiger charge is -1.97. The summed E-state index contributed by atoms with van der Waals surface area (Å²) in [5, 5.41) is 18.2. The van der Waals surface area contributed by atoms with Gasteiger partial charge in [-0.05, 0) is 74.6 Å². The molecule has 6 aromatic heterocycles. The SMILES string of the molecule is Cc1c(C#N)nc2ccc(C#Cc3nc(-c4ccccc4)cn3C)nn12.Cc1c(C2CC2)nc2ccc(C#Cc3nc(-c4ccccc4)cn3C)nn12. The Hall–Kier alpha value is -7.29. The predicted octanol–water partition coefficient (Wildman–Crippen LogP) is 6.43. The van der Waals surface area contributed by atoms with Crippen molar-refractivity contribution in [1.29, 1.82) is 5.26 Å². The van der Waals surface area contributed by atoms with Crippen LogP contribution >= 0.6 is 0 Å². The van der Waals surface area contributed by atoms with Crippen LogP contribution < -0.4 is 0 Å². The van der Waals surface area contributed by atoms with E-state index < -0.39 is 0 Å². The van der Waals surface area contributed by atoms with Crippen molar-refractivity contribution in [2.75, 3.05) is 0 Å². The van der Waals surface area contributed by atoms with Crippen molar-refractivity contribution < 1.29 is 0 Å².